The number of ether oxygens (including phenoxy) is 2. The molecule has 21 heavy (non-hydrogen) atoms. The minimum absolute atomic E-state index is 0.115. The van der Waals surface area contributed by atoms with Crippen molar-refractivity contribution in [2.24, 2.45) is 10.9 Å². The van der Waals surface area contributed by atoms with E-state index in [1.165, 1.54) is 25.7 Å². The van der Waals surface area contributed by atoms with E-state index in [2.05, 4.69) is 22.5 Å². The summed E-state index contributed by atoms with van der Waals surface area (Å²) in [6.45, 7) is 4.68. The minimum Gasteiger partial charge on any atom is -0.381 e. The Kier molecular flexibility index (Phi) is 6.30. The number of aliphatic imine (C=N–C) groups is 1. The van der Waals surface area contributed by atoms with Gasteiger partial charge in [-0.3, -0.25) is 4.99 Å². The molecule has 122 valence electrons. The molecule has 1 saturated carbocycles. The lowest BCUT2D eigenvalue weighted by Gasteiger charge is -2.37. The summed E-state index contributed by atoms with van der Waals surface area (Å²) >= 11 is 0. The molecule has 2 atom stereocenters. The molecule has 0 aromatic carbocycles. The summed E-state index contributed by atoms with van der Waals surface area (Å²) in [7, 11) is 3.64. The van der Waals surface area contributed by atoms with Crippen molar-refractivity contribution >= 4 is 5.96 Å². The Bertz CT molecular complexity index is 340. The van der Waals surface area contributed by atoms with Crippen molar-refractivity contribution in [3.63, 3.8) is 0 Å². The van der Waals surface area contributed by atoms with Gasteiger partial charge in [-0.1, -0.05) is 19.8 Å². The van der Waals surface area contributed by atoms with Crippen LogP contribution in [0.5, 0.6) is 0 Å². The van der Waals surface area contributed by atoms with Gasteiger partial charge in [0.15, 0.2) is 5.96 Å². The third-order valence-corrected chi connectivity index (χ3v) is 4.92. The van der Waals surface area contributed by atoms with Crippen molar-refractivity contribution in [1.29, 1.82) is 0 Å². The Labute approximate surface area is 128 Å². The molecule has 0 radical (unpaired) electrons. The smallest absolute Gasteiger partial charge is 0.191 e. The SMILES string of the molecule is CN=C(NCC1(OC)CCOCC1)NC1CCCC(C)C1. The highest BCUT2D eigenvalue weighted by Crippen LogP contribution is 2.24. The summed E-state index contributed by atoms with van der Waals surface area (Å²) in [4.78, 5) is 4.36. The maximum Gasteiger partial charge on any atom is 0.191 e. The third kappa shape index (κ3) is 4.85. The fraction of sp³-hybridized carbons (Fsp3) is 0.938. The number of methoxy groups -OCH3 is 1. The zero-order valence-electron chi connectivity index (χ0n) is 13.8. The molecule has 2 N–H and O–H groups in total. The lowest BCUT2D eigenvalue weighted by atomic mass is 9.87. The van der Waals surface area contributed by atoms with E-state index >= 15 is 0 Å². The summed E-state index contributed by atoms with van der Waals surface area (Å²) < 4.78 is 11.2. The maximum absolute atomic E-state index is 5.76. The second-order valence-corrected chi connectivity index (χ2v) is 6.54. The van der Waals surface area contributed by atoms with Crippen molar-refractivity contribution in [2.45, 2.75) is 57.1 Å². The molecule has 2 rings (SSSR count). The largest absolute Gasteiger partial charge is 0.381 e. The Balaban J connectivity index is 1.81. The fourth-order valence-corrected chi connectivity index (χ4v) is 3.39. The molecule has 5 nitrogen and oxygen atoms in total. The van der Waals surface area contributed by atoms with Gasteiger partial charge in [0.1, 0.15) is 0 Å². The molecule has 2 unspecified atom stereocenters. The summed E-state index contributed by atoms with van der Waals surface area (Å²) in [6.07, 6.45) is 7.03. The molecule has 1 aliphatic heterocycles. The third-order valence-electron chi connectivity index (χ3n) is 4.92. The highest BCUT2D eigenvalue weighted by atomic mass is 16.5. The van der Waals surface area contributed by atoms with E-state index in [-0.39, 0.29) is 5.60 Å². The average Bonchev–Trinajstić information content (AvgIpc) is 2.52. The molecular formula is C16H31N3O2. The van der Waals surface area contributed by atoms with E-state index in [9.17, 15) is 0 Å². The predicted octanol–water partition coefficient (Wildman–Crippen LogP) is 1.93. The highest BCUT2D eigenvalue weighted by molar-refractivity contribution is 5.80. The van der Waals surface area contributed by atoms with Crippen LogP contribution in [0.2, 0.25) is 0 Å². The minimum atomic E-state index is -0.115. The quantitative estimate of drug-likeness (QED) is 0.615. The van der Waals surface area contributed by atoms with Crippen molar-refractivity contribution in [1.82, 2.24) is 10.6 Å². The van der Waals surface area contributed by atoms with Crippen LogP contribution in [0.25, 0.3) is 0 Å². The van der Waals surface area contributed by atoms with E-state index < -0.39 is 0 Å². The van der Waals surface area contributed by atoms with Crippen LogP contribution in [-0.4, -0.2) is 51.5 Å². The Hall–Kier alpha value is -0.810. The van der Waals surface area contributed by atoms with Gasteiger partial charge in [-0.25, -0.2) is 0 Å². The van der Waals surface area contributed by atoms with Crippen molar-refractivity contribution in [3.8, 4) is 0 Å². The lowest BCUT2D eigenvalue weighted by molar-refractivity contribution is -0.0855. The molecule has 0 aromatic rings. The van der Waals surface area contributed by atoms with Crippen LogP contribution in [0.4, 0.5) is 0 Å². The van der Waals surface area contributed by atoms with Crippen LogP contribution >= 0.6 is 0 Å². The van der Waals surface area contributed by atoms with Crippen LogP contribution in [-0.2, 0) is 9.47 Å². The van der Waals surface area contributed by atoms with Gasteiger partial charge in [-0.05, 0) is 18.8 Å². The highest BCUT2D eigenvalue weighted by Gasteiger charge is 2.32. The van der Waals surface area contributed by atoms with Crippen molar-refractivity contribution < 1.29 is 9.47 Å². The summed E-state index contributed by atoms with van der Waals surface area (Å²) in [5, 5.41) is 7.02. The van der Waals surface area contributed by atoms with Gasteiger partial charge in [0, 0.05) is 52.8 Å². The van der Waals surface area contributed by atoms with E-state index in [1.54, 1.807) is 7.11 Å². The normalized spacial score (nSPS) is 30.0. The van der Waals surface area contributed by atoms with Crippen LogP contribution in [0, 0.1) is 5.92 Å². The molecular weight excluding hydrogens is 266 g/mol. The fourth-order valence-electron chi connectivity index (χ4n) is 3.39. The van der Waals surface area contributed by atoms with Crippen LogP contribution in [0.1, 0.15) is 45.4 Å². The first-order valence-electron chi connectivity index (χ1n) is 8.27. The Morgan fingerprint density at radius 1 is 1.33 bits per heavy atom. The van der Waals surface area contributed by atoms with Crippen LogP contribution in [0.15, 0.2) is 4.99 Å². The summed E-state index contributed by atoms with van der Waals surface area (Å²) in [5.74, 6) is 1.71. The van der Waals surface area contributed by atoms with Gasteiger partial charge in [-0.15, -0.1) is 0 Å². The van der Waals surface area contributed by atoms with E-state index in [4.69, 9.17) is 9.47 Å². The van der Waals surface area contributed by atoms with Gasteiger partial charge in [-0.2, -0.15) is 0 Å². The first kappa shape index (κ1) is 16.6. The zero-order chi connectivity index (χ0) is 15.1. The van der Waals surface area contributed by atoms with Crippen molar-refractivity contribution in [2.75, 3.05) is 33.9 Å². The number of guanidine groups is 1. The van der Waals surface area contributed by atoms with Crippen LogP contribution < -0.4 is 10.6 Å². The van der Waals surface area contributed by atoms with Gasteiger partial charge in [0.2, 0.25) is 0 Å². The second-order valence-electron chi connectivity index (χ2n) is 6.54. The van der Waals surface area contributed by atoms with E-state index in [0.717, 1.165) is 44.5 Å². The Morgan fingerprint density at radius 2 is 2.10 bits per heavy atom. The van der Waals surface area contributed by atoms with E-state index in [1.807, 2.05) is 7.05 Å². The molecule has 5 heteroatoms. The molecule has 2 aliphatic rings. The van der Waals surface area contributed by atoms with Gasteiger partial charge < -0.3 is 20.1 Å². The molecule has 0 spiro atoms. The van der Waals surface area contributed by atoms with Crippen LogP contribution in [0.3, 0.4) is 0 Å². The number of rotatable bonds is 4. The van der Waals surface area contributed by atoms with Gasteiger partial charge in [0.05, 0.1) is 5.60 Å². The predicted molar refractivity (Wildman–Crippen MR) is 85.7 cm³/mol. The lowest BCUT2D eigenvalue weighted by Crippen LogP contribution is -2.52. The van der Waals surface area contributed by atoms with E-state index in [0.29, 0.717) is 6.04 Å². The topological polar surface area (TPSA) is 54.9 Å². The average molecular weight is 297 g/mol. The zero-order valence-corrected chi connectivity index (χ0v) is 13.8. The number of nitrogens with zero attached hydrogens (tertiary/aromatic N) is 1. The molecule has 1 heterocycles. The van der Waals surface area contributed by atoms with Gasteiger partial charge in [0.25, 0.3) is 0 Å². The maximum atomic E-state index is 5.76. The standard InChI is InChI=1S/C16H31N3O2/c1-13-5-4-6-14(11-13)19-15(17-2)18-12-16(20-3)7-9-21-10-8-16/h13-14H,4-12H2,1-3H3,(H2,17,18,19). The number of hydrogen-bond donors (Lipinski definition) is 2. The molecule has 0 amide bonds. The Morgan fingerprint density at radius 3 is 2.71 bits per heavy atom. The molecule has 1 aliphatic carbocycles. The number of nitrogens with one attached hydrogen (secondary N) is 2. The molecule has 2 fully saturated rings. The number of hydrogen-bond acceptors (Lipinski definition) is 3. The first-order valence-corrected chi connectivity index (χ1v) is 8.27. The summed E-state index contributed by atoms with van der Waals surface area (Å²) in [6, 6.07) is 0.549. The first-order chi connectivity index (χ1) is 10.2. The monoisotopic (exact) mass is 297 g/mol. The van der Waals surface area contributed by atoms with Crippen molar-refractivity contribution in [3.05, 3.63) is 0 Å². The van der Waals surface area contributed by atoms with Gasteiger partial charge >= 0.3 is 0 Å². The second kappa shape index (κ2) is 7.99. The molecule has 0 bridgehead atoms. The molecule has 0 aromatic heterocycles. The molecule has 1 saturated heterocycles. The summed E-state index contributed by atoms with van der Waals surface area (Å²) in [5.41, 5.74) is -0.115.